The van der Waals surface area contributed by atoms with Crippen LogP contribution in [0.4, 0.5) is 0 Å². The maximum absolute atomic E-state index is 8.94. The van der Waals surface area contributed by atoms with Crippen LogP contribution in [0.3, 0.4) is 0 Å². The van der Waals surface area contributed by atoms with Gasteiger partial charge >= 0.3 is 0 Å². The summed E-state index contributed by atoms with van der Waals surface area (Å²) in [5.41, 5.74) is 7.28. The molecule has 0 amide bonds. The molecule has 0 radical (unpaired) electrons. The second-order valence-electron chi connectivity index (χ2n) is 4.30. The predicted molar refractivity (Wildman–Crippen MR) is 69.1 cm³/mol. The summed E-state index contributed by atoms with van der Waals surface area (Å²) in [5.74, 6) is 2.23. The van der Waals surface area contributed by atoms with E-state index in [9.17, 15) is 0 Å². The Hall–Kier alpha value is -2.26. The summed E-state index contributed by atoms with van der Waals surface area (Å²) >= 11 is 0. The average Bonchev–Trinajstić information content (AvgIpc) is 2.75. The van der Waals surface area contributed by atoms with E-state index < -0.39 is 0 Å². The first-order valence-electron chi connectivity index (χ1n) is 6.19. The number of hydrogen-bond donors (Lipinski definition) is 1. The normalized spacial score (nSPS) is 13.5. The molecule has 6 heteroatoms. The zero-order valence-corrected chi connectivity index (χ0v) is 10.4. The molecule has 0 bridgehead atoms. The molecule has 0 aliphatic carbocycles. The largest absolute Gasteiger partial charge is 0.486 e. The van der Waals surface area contributed by atoms with Crippen molar-refractivity contribution in [3.8, 4) is 17.6 Å². The highest BCUT2D eigenvalue weighted by molar-refractivity contribution is 5.81. The lowest BCUT2D eigenvalue weighted by atomic mass is 10.2. The summed E-state index contributed by atoms with van der Waals surface area (Å²) < 4.78 is 13.0. The predicted octanol–water partition coefficient (Wildman–Crippen LogP) is 0.832. The number of hydrogen-bond acceptors (Lipinski definition) is 5. The lowest BCUT2D eigenvalue weighted by molar-refractivity contribution is 0.172. The Morgan fingerprint density at radius 2 is 2.05 bits per heavy atom. The highest BCUT2D eigenvalue weighted by atomic mass is 16.6. The Morgan fingerprint density at radius 3 is 2.74 bits per heavy atom. The van der Waals surface area contributed by atoms with Crippen molar-refractivity contribution < 1.29 is 9.47 Å². The minimum atomic E-state index is 0.255. The molecule has 0 saturated heterocycles. The smallest absolute Gasteiger partial charge is 0.163 e. The van der Waals surface area contributed by atoms with Gasteiger partial charge in [-0.25, -0.2) is 4.98 Å². The Kier molecular flexibility index (Phi) is 2.97. The van der Waals surface area contributed by atoms with Gasteiger partial charge in [-0.2, -0.15) is 5.26 Å². The number of nitrogens with two attached hydrogens (primary N) is 1. The Morgan fingerprint density at radius 1 is 1.32 bits per heavy atom. The summed E-state index contributed by atoms with van der Waals surface area (Å²) in [4.78, 5) is 4.53. The average molecular weight is 258 g/mol. The lowest BCUT2D eigenvalue weighted by Crippen LogP contribution is -2.15. The molecule has 2 N–H and O–H groups in total. The minimum Gasteiger partial charge on any atom is -0.486 e. The van der Waals surface area contributed by atoms with Gasteiger partial charge in [0.2, 0.25) is 0 Å². The molecule has 3 rings (SSSR count). The minimum absolute atomic E-state index is 0.255. The number of nitrogens with zero attached hydrogens (tertiary/aromatic N) is 3. The van der Waals surface area contributed by atoms with Crippen molar-refractivity contribution in [3.63, 3.8) is 0 Å². The SMILES string of the molecule is N#CCn1c(CCN)nc2cc3c(cc21)OCCO3. The fraction of sp³-hybridized carbons (Fsp3) is 0.385. The highest BCUT2D eigenvalue weighted by Crippen LogP contribution is 2.34. The lowest BCUT2D eigenvalue weighted by Gasteiger charge is -2.18. The van der Waals surface area contributed by atoms with Crippen LogP contribution in [0, 0.1) is 11.3 Å². The monoisotopic (exact) mass is 258 g/mol. The van der Waals surface area contributed by atoms with E-state index in [1.54, 1.807) is 0 Å². The first-order valence-corrected chi connectivity index (χ1v) is 6.19. The quantitative estimate of drug-likeness (QED) is 0.881. The van der Waals surface area contributed by atoms with Crippen LogP contribution in [0.25, 0.3) is 11.0 Å². The third-order valence-electron chi connectivity index (χ3n) is 3.09. The van der Waals surface area contributed by atoms with Gasteiger partial charge in [-0.3, -0.25) is 0 Å². The number of rotatable bonds is 3. The van der Waals surface area contributed by atoms with E-state index in [1.165, 1.54) is 0 Å². The van der Waals surface area contributed by atoms with E-state index >= 15 is 0 Å². The molecule has 0 unspecified atom stereocenters. The molecule has 0 saturated carbocycles. The molecule has 1 aromatic carbocycles. The molecule has 6 nitrogen and oxygen atoms in total. The molecule has 2 heterocycles. The van der Waals surface area contributed by atoms with Gasteiger partial charge in [0.15, 0.2) is 11.5 Å². The fourth-order valence-electron chi connectivity index (χ4n) is 2.28. The van der Waals surface area contributed by atoms with E-state index in [2.05, 4.69) is 11.1 Å². The summed E-state index contributed by atoms with van der Waals surface area (Å²) in [6.45, 7) is 1.85. The van der Waals surface area contributed by atoms with Gasteiger partial charge in [0.1, 0.15) is 25.6 Å². The van der Waals surface area contributed by atoms with Gasteiger partial charge < -0.3 is 19.8 Å². The number of imidazole rings is 1. The van der Waals surface area contributed by atoms with E-state index in [-0.39, 0.29) is 6.54 Å². The summed E-state index contributed by atoms with van der Waals surface area (Å²) in [6, 6.07) is 5.89. The topological polar surface area (TPSA) is 86.1 Å². The Labute approximate surface area is 110 Å². The maximum Gasteiger partial charge on any atom is 0.163 e. The van der Waals surface area contributed by atoms with Crippen LogP contribution in [0.15, 0.2) is 12.1 Å². The third-order valence-corrected chi connectivity index (χ3v) is 3.09. The van der Waals surface area contributed by atoms with Gasteiger partial charge in [-0.05, 0) is 6.54 Å². The van der Waals surface area contributed by atoms with Crippen molar-refractivity contribution in [2.75, 3.05) is 19.8 Å². The van der Waals surface area contributed by atoms with Crippen LogP contribution in [0.1, 0.15) is 5.82 Å². The molecule has 2 aromatic rings. The van der Waals surface area contributed by atoms with Crippen molar-refractivity contribution in [3.05, 3.63) is 18.0 Å². The van der Waals surface area contributed by atoms with E-state index in [1.807, 2.05) is 16.7 Å². The van der Waals surface area contributed by atoms with Gasteiger partial charge in [0.25, 0.3) is 0 Å². The fourth-order valence-corrected chi connectivity index (χ4v) is 2.28. The second kappa shape index (κ2) is 4.78. The third kappa shape index (κ3) is 1.98. The van der Waals surface area contributed by atoms with Crippen molar-refractivity contribution >= 4 is 11.0 Å². The number of benzene rings is 1. The van der Waals surface area contributed by atoms with Crippen molar-refractivity contribution in [1.29, 1.82) is 5.26 Å². The van der Waals surface area contributed by atoms with Gasteiger partial charge in [0.05, 0.1) is 17.1 Å². The van der Waals surface area contributed by atoms with Crippen LogP contribution in [-0.4, -0.2) is 29.3 Å². The molecule has 1 aliphatic heterocycles. The van der Waals surface area contributed by atoms with E-state index in [0.29, 0.717) is 37.7 Å². The molecule has 0 fully saturated rings. The molecule has 1 aliphatic rings. The second-order valence-corrected chi connectivity index (χ2v) is 4.30. The van der Waals surface area contributed by atoms with Gasteiger partial charge in [-0.15, -0.1) is 0 Å². The molecule has 98 valence electrons. The summed E-state index contributed by atoms with van der Waals surface area (Å²) in [6.07, 6.45) is 0.642. The van der Waals surface area contributed by atoms with Crippen LogP contribution in [0.5, 0.6) is 11.5 Å². The highest BCUT2D eigenvalue weighted by Gasteiger charge is 2.17. The molecular formula is C13H14N4O2. The van der Waals surface area contributed by atoms with Crippen molar-refractivity contribution in [2.45, 2.75) is 13.0 Å². The zero-order valence-electron chi connectivity index (χ0n) is 10.4. The van der Waals surface area contributed by atoms with Crippen molar-refractivity contribution in [2.24, 2.45) is 5.73 Å². The van der Waals surface area contributed by atoms with Crippen LogP contribution in [-0.2, 0) is 13.0 Å². The number of ether oxygens (including phenoxy) is 2. The number of nitriles is 1. The maximum atomic E-state index is 8.94. The Balaban J connectivity index is 2.18. The van der Waals surface area contributed by atoms with Crippen LogP contribution >= 0.6 is 0 Å². The van der Waals surface area contributed by atoms with Gasteiger partial charge in [-0.1, -0.05) is 0 Å². The summed E-state index contributed by atoms with van der Waals surface area (Å²) in [5, 5.41) is 8.94. The molecule has 1 aromatic heterocycles. The van der Waals surface area contributed by atoms with Crippen LogP contribution in [0.2, 0.25) is 0 Å². The summed E-state index contributed by atoms with van der Waals surface area (Å²) in [7, 11) is 0. The standard InChI is InChI=1S/C13H14N4O2/c14-2-1-13-16-9-7-11-12(19-6-5-18-11)8-10(9)17(13)4-3-15/h7-8H,1-2,4-6,14H2. The van der Waals surface area contributed by atoms with E-state index in [0.717, 1.165) is 16.9 Å². The zero-order chi connectivity index (χ0) is 13.2. The number of fused-ring (bicyclic) bond motifs is 2. The van der Waals surface area contributed by atoms with Gasteiger partial charge in [0, 0.05) is 18.6 Å². The first-order chi connectivity index (χ1) is 9.33. The molecule has 19 heavy (non-hydrogen) atoms. The number of aromatic nitrogens is 2. The van der Waals surface area contributed by atoms with E-state index in [4.69, 9.17) is 20.5 Å². The molecular weight excluding hydrogens is 244 g/mol. The first kappa shape index (κ1) is 11.8. The molecule has 0 spiro atoms. The molecule has 0 atom stereocenters. The van der Waals surface area contributed by atoms with Crippen molar-refractivity contribution in [1.82, 2.24) is 9.55 Å². The van der Waals surface area contributed by atoms with Crippen LogP contribution < -0.4 is 15.2 Å². The Bertz CT molecular complexity index is 657.